The number of nitrogens with one attached hydrogen (secondary N) is 1. The van der Waals surface area contributed by atoms with Crippen LogP contribution in [0.15, 0.2) is 47.4 Å². The number of nitrogen functional groups attached to an aromatic ring is 1. The summed E-state index contributed by atoms with van der Waals surface area (Å²) in [5, 5.41) is 14.5. The zero-order valence-corrected chi connectivity index (χ0v) is 16.4. The maximum absolute atomic E-state index is 13.5. The Morgan fingerprint density at radius 3 is 2.79 bits per heavy atom. The van der Waals surface area contributed by atoms with Gasteiger partial charge < -0.3 is 16.2 Å². The van der Waals surface area contributed by atoms with E-state index in [1.807, 2.05) is 50.2 Å². The van der Waals surface area contributed by atoms with E-state index in [0.29, 0.717) is 11.5 Å². The molecule has 0 radical (unpaired) electrons. The monoisotopic (exact) mass is 389 g/mol. The van der Waals surface area contributed by atoms with Crippen LogP contribution in [0.1, 0.15) is 38.4 Å². The van der Waals surface area contributed by atoms with E-state index in [1.165, 1.54) is 6.20 Å². The van der Waals surface area contributed by atoms with Crippen molar-refractivity contribution in [2.45, 2.75) is 32.7 Å². The third-order valence-corrected chi connectivity index (χ3v) is 5.19. The van der Waals surface area contributed by atoms with Gasteiger partial charge in [0, 0.05) is 16.6 Å². The molecule has 0 bridgehead atoms. The molecule has 0 fully saturated rings. The van der Waals surface area contributed by atoms with Crippen LogP contribution in [0.4, 0.5) is 11.5 Å². The van der Waals surface area contributed by atoms with E-state index in [1.54, 1.807) is 4.57 Å². The second kappa shape index (κ2) is 7.43. The van der Waals surface area contributed by atoms with Gasteiger partial charge >= 0.3 is 6.01 Å². The summed E-state index contributed by atoms with van der Waals surface area (Å²) in [6.07, 6.45) is 5.27. The lowest BCUT2D eigenvalue weighted by Crippen LogP contribution is -2.48. The van der Waals surface area contributed by atoms with Crippen molar-refractivity contribution in [3.63, 3.8) is 0 Å². The quantitative estimate of drug-likeness (QED) is 0.629. The molecule has 0 aliphatic heterocycles. The third-order valence-electron chi connectivity index (χ3n) is 5.19. The summed E-state index contributed by atoms with van der Waals surface area (Å²) >= 11 is 0. The molecule has 2 aromatic heterocycles. The van der Waals surface area contributed by atoms with Crippen LogP contribution in [0, 0.1) is 0 Å². The van der Waals surface area contributed by atoms with Gasteiger partial charge in [-0.25, -0.2) is 4.98 Å². The van der Waals surface area contributed by atoms with E-state index < -0.39 is 0 Å². The van der Waals surface area contributed by atoms with Gasteiger partial charge in [0.25, 0.3) is 5.56 Å². The molecule has 4 N–H and O–H groups in total. The number of aromatic nitrogens is 3. The first kappa shape index (κ1) is 18.7. The van der Waals surface area contributed by atoms with Gasteiger partial charge in [-0.15, -0.1) is 0 Å². The van der Waals surface area contributed by atoms with Crippen molar-refractivity contribution < 1.29 is 5.11 Å². The number of benzene rings is 1. The summed E-state index contributed by atoms with van der Waals surface area (Å²) in [5.74, 6) is 0.321. The average Bonchev–Trinajstić information content (AvgIpc) is 2.71. The Morgan fingerprint density at radius 2 is 2.03 bits per heavy atom. The number of para-hydroxylation sites is 1. The Morgan fingerprint density at radius 1 is 1.28 bits per heavy atom. The van der Waals surface area contributed by atoms with E-state index in [-0.39, 0.29) is 17.6 Å². The van der Waals surface area contributed by atoms with Crippen LogP contribution < -0.4 is 27.0 Å². The summed E-state index contributed by atoms with van der Waals surface area (Å²) in [6, 6.07) is 10.9. The molecule has 2 heterocycles. The van der Waals surface area contributed by atoms with Crippen molar-refractivity contribution in [1.82, 2.24) is 14.5 Å². The second-order valence-corrected chi connectivity index (χ2v) is 7.24. The number of aromatic hydroxyl groups is 1. The lowest BCUT2D eigenvalue weighted by Gasteiger charge is -2.22. The van der Waals surface area contributed by atoms with Crippen LogP contribution in [0.25, 0.3) is 17.3 Å². The van der Waals surface area contributed by atoms with Crippen LogP contribution in [-0.2, 0) is 0 Å². The lowest BCUT2D eigenvalue weighted by molar-refractivity contribution is 0.431. The molecule has 7 heteroatoms. The summed E-state index contributed by atoms with van der Waals surface area (Å²) in [5.41, 5.74) is 8.91. The van der Waals surface area contributed by atoms with Gasteiger partial charge in [0.2, 0.25) is 0 Å². The molecule has 0 saturated heterocycles. The smallest absolute Gasteiger partial charge is 0.315 e. The molecule has 29 heavy (non-hydrogen) atoms. The minimum absolute atomic E-state index is 0.0377. The van der Waals surface area contributed by atoms with Crippen molar-refractivity contribution in [3.8, 4) is 11.7 Å². The lowest BCUT2D eigenvalue weighted by atomic mass is 10.00. The Labute approximate surface area is 167 Å². The Kier molecular flexibility index (Phi) is 4.80. The number of nitrogens with two attached hydrogens (primary N) is 1. The number of pyridine rings is 1. The van der Waals surface area contributed by atoms with Crippen molar-refractivity contribution in [1.29, 1.82) is 0 Å². The number of nitrogens with zero attached hydrogens (tertiary/aromatic N) is 3. The molecule has 1 aliphatic carbocycles. The summed E-state index contributed by atoms with van der Waals surface area (Å²) in [4.78, 5) is 21.2. The van der Waals surface area contributed by atoms with Crippen molar-refractivity contribution >= 4 is 23.2 Å². The van der Waals surface area contributed by atoms with Gasteiger partial charge in [-0.3, -0.25) is 9.36 Å². The van der Waals surface area contributed by atoms with E-state index in [9.17, 15) is 9.90 Å². The zero-order chi connectivity index (χ0) is 20.5. The zero-order valence-electron chi connectivity index (χ0n) is 16.4. The SMILES string of the molecule is CC1=c2c(cc(C(C)Nc3nc(O)ncc3N)n(-c3ccccc3)c2=O)=CCC1. The Hall–Kier alpha value is -3.61. The fourth-order valence-corrected chi connectivity index (χ4v) is 3.75. The maximum Gasteiger partial charge on any atom is 0.315 e. The van der Waals surface area contributed by atoms with Crippen molar-refractivity contribution in [2.75, 3.05) is 11.1 Å². The van der Waals surface area contributed by atoms with Crippen LogP contribution in [-0.4, -0.2) is 19.6 Å². The van der Waals surface area contributed by atoms with Crippen molar-refractivity contribution in [3.05, 3.63) is 69.1 Å². The van der Waals surface area contributed by atoms with Crippen LogP contribution in [0.2, 0.25) is 0 Å². The number of rotatable bonds is 4. The molecule has 7 nitrogen and oxygen atoms in total. The van der Waals surface area contributed by atoms with Crippen LogP contribution in [0.3, 0.4) is 0 Å². The number of hydrogen-bond acceptors (Lipinski definition) is 6. The molecule has 3 aromatic rings. The first-order valence-electron chi connectivity index (χ1n) is 9.55. The molecule has 1 atom stereocenters. The molecular weight excluding hydrogens is 366 g/mol. The number of hydrogen-bond donors (Lipinski definition) is 3. The normalized spacial score (nSPS) is 14.1. The largest absolute Gasteiger partial charge is 0.479 e. The highest BCUT2D eigenvalue weighted by Crippen LogP contribution is 2.23. The molecule has 1 aliphatic rings. The summed E-state index contributed by atoms with van der Waals surface area (Å²) in [6.45, 7) is 3.95. The average molecular weight is 389 g/mol. The molecule has 0 amide bonds. The first-order valence-corrected chi connectivity index (χ1v) is 9.55. The van der Waals surface area contributed by atoms with Crippen LogP contribution >= 0.6 is 0 Å². The highest BCUT2D eigenvalue weighted by molar-refractivity contribution is 5.61. The number of fused-ring (bicyclic) bond motifs is 1. The van der Waals surface area contributed by atoms with E-state index in [0.717, 1.165) is 40.2 Å². The standard InChI is InChI=1S/C22H23N5O2/c1-13-7-6-8-15-11-18(14(2)25-20-17(23)12-24-22(29)26-20)27(21(28)19(13)15)16-9-4-3-5-10-16/h3-5,8-12,14H,6-7,23H2,1-2H3,(H2,24,25,26,29). The van der Waals surface area contributed by atoms with Gasteiger partial charge in [-0.1, -0.05) is 29.8 Å². The second-order valence-electron chi connectivity index (χ2n) is 7.24. The predicted octanol–water partition coefficient (Wildman–Crippen LogP) is 1.83. The fraction of sp³-hybridized carbons (Fsp3) is 0.227. The number of anilines is 2. The van der Waals surface area contributed by atoms with Crippen molar-refractivity contribution in [2.24, 2.45) is 0 Å². The maximum atomic E-state index is 13.5. The molecular formula is C22H23N5O2. The minimum Gasteiger partial charge on any atom is -0.479 e. The van der Waals surface area contributed by atoms with Gasteiger partial charge in [0.1, 0.15) is 0 Å². The molecule has 0 spiro atoms. The molecule has 1 aromatic carbocycles. The Balaban J connectivity index is 1.93. The summed E-state index contributed by atoms with van der Waals surface area (Å²) in [7, 11) is 0. The van der Waals surface area contributed by atoms with Gasteiger partial charge in [0.05, 0.1) is 17.9 Å². The van der Waals surface area contributed by atoms with E-state index >= 15 is 0 Å². The van der Waals surface area contributed by atoms with E-state index in [4.69, 9.17) is 5.73 Å². The third kappa shape index (κ3) is 3.47. The first-order chi connectivity index (χ1) is 14.0. The van der Waals surface area contributed by atoms with Gasteiger partial charge in [0.15, 0.2) is 5.82 Å². The van der Waals surface area contributed by atoms with Gasteiger partial charge in [-0.05, 0) is 50.1 Å². The minimum atomic E-state index is -0.363. The molecule has 1 unspecified atom stereocenters. The topological polar surface area (TPSA) is 106 Å². The molecule has 0 saturated carbocycles. The Bertz CT molecular complexity index is 1250. The van der Waals surface area contributed by atoms with Crippen LogP contribution in [0.5, 0.6) is 6.01 Å². The fourth-order valence-electron chi connectivity index (χ4n) is 3.75. The summed E-state index contributed by atoms with van der Waals surface area (Å²) < 4.78 is 1.73. The predicted molar refractivity (Wildman–Crippen MR) is 114 cm³/mol. The van der Waals surface area contributed by atoms with Gasteiger partial charge in [-0.2, -0.15) is 4.98 Å². The van der Waals surface area contributed by atoms with E-state index in [2.05, 4.69) is 21.4 Å². The molecule has 148 valence electrons. The molecule has 4 rings (SSSR count). The highest BCUT2D eigenvalue weighted by atomic mass is 16.3. The highest BCUT2D eigenvalue weighted by Gasteiger charge is 2.18.